The molecule has 2 aromatic heterocycles. The number of nitrogens with one attached hydrogen (secondary N) is 2. The highest BCUT2D eigenvalue weighted by Gasteiger charge is 2.26. The predicted octanol–water partition coefficient (Wildman–Crippen LogP) is 1.39. The van der Waals surface area contributed by atoms with Crippen LogP contribution in [0, 0.1) is 0 Å². The number of aromatic nitrogens is 1. The van der Waals surface area contributed by atoms with E-state index in [1.807, 2.05) is 0 Å². The normalized spacial score (nSPS) is 15.8. The van der Waals surface area contributed by atoms with Gasteiger partial charge in [-0.15, -0.1) is 0 Å². The van der Waals surface area contributed by atoms with Crippen LogP contribution in [0.15, 0.2) is 50.4 Å². The molecule has 8 nitrogen and oxygen atoms in total. The van der Waals surface area contributed by atoms with Crippen molar-refractivity contribution < 1.29 is 14.0 Å². The van der Waals surface area contributed by atoms with Crippen molar-refractivity contribution in [3.05, 3.63) is 79.6 Å². The third kappa shape index (κ3) is 3.09. The molecule has 142 valence electrons. The monoisotopic (exact) mass is 379 g/mol. The summed E-state index contributed by atoms with van der Waals surface area (Å²) in [6, 6.07) is 8.82. The highest BCUT2D eigenvalue weighted by atomic mass is 16.3. The van der Waals surface area contributed by atoms with E-state index in [4.69, 9.17) is 10.2 Å². The number of pyridine rings is 1. The number of amides is 2. The van der Waals surface area contributed by atoms with Gasteiger partial charge in [0, 0.05) is 11.8 Å². The number of carbonyl (C=O) groups excluding carboxylic acids is 2. The van der Waals surface area contributed by atoms with Crippen molar-refractivity contribution in [1.29, 1.82) is 0 Å². The van der Waals surface area contributed by atoms with Crippen molar-refractivity contribution >= 4 is 22.8 Å². The van der Waals surface area contributed by atoms with Gasteiger partial charge in [-0.3, -0.25) is 19.2 Å². The lowest BCUT2D eigenvalue weighted by Gasteiger charge is -2.26. The van der Waals surface area contributed by atoms with Gasteiger partial charge in [-0.1, -0.05) is 12.1 Å². The summed E-state index contributed by atoms with van der Waals surface area (Å²) >= 11 is 0. The second-order valence-corrected chi connectivity index (χ2v) is 6.70. The average molecular weight is 379 g/mol. The maximum Gasteiger partial charge on any atom is 0.287 e. The summed E-state index contributed by atoms with van der Waals surface area (Å²) < 4.78 is 5.57. The van der Waals surface area contributed by atoms with E-state index in [1.54, 1.807) is 24.3 Å². The zero-order valence-corrected chi connectivity index (χ0v) is 14.8. The summed E-state index contributed by atoms with van der Waals surface area (Å²) in [5.41, 5.74) is 5.87. The largest absolute Gasteiger partial charge is 0.451 e. The van der Waals surface area contributed by atoms with Crippen LogP contribution in [0.25, 0.3) is 11.0 Å². The Morgan fingerprint density at radius 1 is 1.18 bits per heavy atom. The van der Waals surface area contributed by atoms with Crippen LogP contribution in [0.4, 0.5) is 0 Å². The van der Waals surface area contributed by atoms with Gasteiger partial charge in [0.2, 0.25) is 0 Å². The highest BCUT2D eigenvalue weighted by molar-refractivity contribution is 5.94. The number of hydrogen-bond acceptors (Lipinski definition) is 5. The van der Waals surface area contributed by atoms with Gasteiger partial charge >= 0.3 is 0 Å². The Balaban J connectivity index is 1.68. The van der Waals surface area contributed by atoms with E-state index in [9.17, 15) is 19.2 Å². The van der Waals surface area contributed by atoms with E-state index in [0.717, 1.165) is 12.5 Å². The van der Waals surface area contributed by atoms with Gasteiger partial charge in [0.25, 0.3) is 17.4 Å². The Kier molecular flexibility index (Phi) is 4.31. The molecule has 8 heteroatoms. The second-order valence-electron chi connectivity index (χ2n) is 6.70. The van der Waals surface area contributed by atoms with Crippen molar-refractivity contribution in [2.24, 2.45) is 5.73 Å². The Morgan fingerprint density at radius 3 is 2.75 bits per heavy atom. The number of rotatable bonds is 3. The lowest BCUT2D eigenvalue weighted by molar-refractivity contribution is 0.0905. The van der Waals surface area contributed by atoms with E-state index < -0.39 is 23.4 Å². The van der Waals surface area contributed by atoms with Crippen molar-refractivity contribution in [2.45, 2.75) is 25.3 Å². The molecule has 1 aliphatic carbocycles. The third-order valence-corrected chi connectivity index (χ3v) is 4.88. The van der Waals surface area contributed by atoms with Crippen LogP contribution in [-0.2, 0) is 6.42 Å². The minimum atomic E-state index is -0.833. The van der Waals surface area contributed by atoms with E-state index in [0.29, 0.717) is 35.1 Å². The maximum absolute atomic E-state index is 12.7. The summed E-state index contributed by atoms with van der Waals surface area (Å²) in [5, 5.41) is 3.22. The first kappa shape index (κ1) is 17.7. The molecule has 1 unspecified atom stereocenters. The number of aryl methyl sites for hydroxylation is 1. The molecule has 4 N–H and O–H groups in total. The molecule has 1 aromatic carbocycles. The molecule has 0 spiro atoms. The molecule has 0 saturated heterocycles. The van der Waals surface area contributed by atoms with E-state index in [-0.39, 0.29) is 16.8 Å². The highest BCUT2D eigenvalue weighted by Crippen LogP contribution is 2.28. The Labute approximate surface area is 158 Å². The zero-order chi connectivity index (χ0) is 19.8. The summed E-state index contributed by atoms with van der Waals surface area (Å²) in [4.78, 5) is 51.0. The van der Waals surface area contributed by atoms with Crippen LogP contribution in [0.3, 0.4) is 0 Å². The zero-order valence-electron chi connectivity index (χ0n) is 14.8. The van der Waals surface area contributed by atoms with Gasteiger partial charge in [-0.25, -0.2) is 0 Å². The summed E-state index contributed by atoms with van der Waals surface area (Å²) in [7, 11) is 0. The first-order valence-corrected chi connectivity index (χ1v) is 8.83. The van der Waals surface area contributed by atoms with Gasteiger partial charge in [0.15, 0.2) is 11.2 Å². The van der Waals surface area contributed by atoms with Gasteiger partial charge in [-0.05, 0) is 43.0 Å². The third-order valence-electron chi connectivity index (χ3n) is 4.88. The summed E-state index contributed by atoms with van der Waals surface area (Å²) in [5.74, 6) is -1.48. The van der Waals surface area contributed by atoms with E-state index in [1.165, 1.54) is 6.07 Å². The van der Waals surface area contributed by atoms with Crippen LogP contribution in [0.2, 0.25) is 0 Å². The summed E-state index contributed by atoms with van der Waals surface area (Å²) in [6.07, 6.45) is 1.98. The minimum absolute atomic E-state index is 0.102. The molecule has 2 amide bonds. The van der Waals surface area contributed by atoms with Gasteiger partial charge in [0.05, 0.1) is 11.4 Å². The van der Waals surface area contributed by atoms with Crippen molar-refractivity contribution in [1.82, 2.24) is 10.3 Å². The molecule has 1 aliphatic rings. The summed E-state index contributed by atoms with van der Waals surface area (Å²) in [6.45, 7) is 0. The molecule has 4 rings (SSSR count). The van der Waals surface area contributed by atoms with Gasteiger partial charge in [-0.2, -0.15) is 0 Å². The Bertz CT molecular complexity index is 1220. The topological polar surface area (TPSA) is 135 Å². The van der Waals surface area contributed by atoms with Gasteiger partial charge in [0.1, 0.15) is 11.1 Å². The van der Waals surface area contributed by atoms with Crippen LogP contribution in [-0.4, -0.2) is 16.8 Å². The number of hydrogen-bond donors (Lipinski definition) is 3. The van der Waals surface area contributed by atoms with E-state index >= 15 is 0 Å². The number of carbonyl (C=O) groups is 2. The van der Waals surface area contributed by atoms with Crippen molar-refractivity contribution in [3.8, 4) is 0 Å². The molecule has 0 fully saturated rings. The number of benzene rings is 1. The molecule has 28 heavy (non-hydrogen) atoms. The predicted molar refractivity (Wildman–Crippen MR) is 101 cm³/mol. The fourth-order valence-electron chi connectivity index (χ4n) is 3.52. The number of nitrogens with two attached hydrogens (primary N) is 1. The van der Waals surface area contributed by atoms with Gasteiger partial charge < -0.3 is 20.5 Å². The lowest BCUT2D eigenvalue weighted by atomic mass is 9.90. The molecule has 3 aromatic rings. The minimum Gasteiger partial charge on any atom is -0.451 e. The van der Waals surface area contributed by atoms with Crippen LogP contribution in [0.1, 0.15) is 51.1 Å². The number of para-hydroxylation sites is 1. The van der Waals surface area contributed by atoms with Crippen molar-refractivity contribution in [3.63, 3.8) is 0 Å². The van der Waals surface area contributed by atoms with Crippen LogP contribution in [0.5, 0.6) is 0 Å². The fraction of sp³-hybridized carbons (Fsp3) is 0.200. The maximum atomic E-state index is 12.7. The SMILES string of the molecule is NC(=O)c1cc2c([nH]c1=O)CCCC2NC(=O)c1cc(=O)c2ccccc2o1. The second kappa shape index (κ2) is 6.80. The average Bonchev–Trinajstić information content (AvgIpc) is 2.67. The molecule has 1 atom stereocenters. The molecule has 0 radical (unpaired) electrons. The standard InChI is InChI=1S/C20H17N3O5/c21-18(25)12-8-11-13(22-19(12)26)5-3-6-14(11)23-20(27)17-9-15(24)10-4-1-2-7-16(10)28-17/h1-2,4,7-9,14H,3,5-6H2,(H2,21,25)(H,22,26)(H,23,27). The number of fused-ring (bicyclic) bond motifs is 2. The molecular weight excluding hydrogens is 362 g/mol. The first-order chi connectivity index (χ1) is 13.4. The number of H-pyrrole nitrogens is 1. The molecular formula is C20H17N3O5. The number of primary amides is 1. The first-order valence-electron chi connectivity index (χ1n) is 8.83. The van der Waals surface area contributed by atoms with Crippen LogP contribution >= 0.6 is 0 Å². The Hall–Kier alpha value is -3.68. The fourth-order valence-corrected chi connectivity index (χ4v) is 3.52. The van der Waals surface area contributed by atoms with E-state index in [2.05, 4.69) is 10.3 Å². The molecule has 0 aliphatic heterocycles. The Morgan fingerprint density at radius 2 is 1.96 bits per heavy atom. The lowest BCUT2D eigenvalue weighted by Crippen LogP contribution is -2.34. The number of aromatic amines is 1. The smallest absolute Gasteiger partial charge is 0.287 e. The molecule has 0 saturated carbocycles. The quantitative estimate of drug-likeness (QED) is 0.632. The van der Waals surface area contributed by atoms with Crippen LogP contribution < -0.4 is 22.0 Å². The molecule has 2 heterocycles. The van der Waals surface area contributed by atoms with Crippen molar-refractivity contribution in [2.75, 3.05) is 0 Å². The molecule has 0 bridgehead atoms.